The zero-order chi connectivity index (χ0) is 12.0. The highest BCUT2D eigenvalue weighted by Gasteiger charge is 2.32. The summed E-state index contributed by atoms with van der Waals surface area (Å²) in [4.78, 5) is 0. The third-order valence-corrected chi connectivity index (χ3v) is 2.66. The minimum Gasteiger partial charge on any atom is -0.508 e. The van der Waals surface area contributed by atoms with Crippen LogP contribution in [-0.4, -0.2) is 37.6 Å². The van der Waals surface area contributed by atoms with Gasteiger partial charge < -0.3 is 19.7 Å². The Balaban J connectivity index is 3.07. The van der Waals surface area contributed by atoms with E-state index in [4.69, 9.17) is 14.6 Å². The summed E-state index contributed by atoms with van der Waals surface area (Å²) in [6, 6.07) is 6.80. The highest BCUT2D eigenvalue weighted by atomic mass is 16.5. The lowest BCUT2D eigenvalue weighted by Crippen LogP contribution is -2.34. The van der Waals surface area contributed by atoms with Crippen LogP contribution >= 0.6 is 0 Å². The van der Waals surface area contributed by atoms with E-state index in [1.165, 1.54) is 0 Å². The number of benzene rings is 1. The predicted octanol–water partition coefficient (Wildman–Crippen LogP) is 1.26. The second-order valence-electron chi connectivity index (χ2n) is 3.66. The van der Waals surface area contributed by atoms with Crippen molar-refractivity contribution < 1.29 is 19.7 Å². The molecular weight excluding hydrogens is 208 g/mol. The number of ether oxygens (including phenoxy) is 2. The molecule has 0 aliphatic carbocycles. The predicted molar refractivity (Wildman–Crippen MR) is 60.4 cm³/mol. The molecule has 1 rings (SSSR count). The first-order valence-electron chi connectivity index (χ1n) is 5.13. The first kappa shape index (κ1) is 13.0. The smallest absolute Gasteiger partial charge is 0.118 e. The minimum atomic E-state index is -0.706. The number of aromatic hydroxyl groups is 1. The van der Waals surface area contributed by atoms with E-state index < -0.39 is 5.60 Å². The van der Waals surface area contributed by atoms with Crippen molar-refractivity contribution in [3.8, 4) is 5.75 Å². The average Bonchev–Trinajstić information content (AvgIpc) is 2.28. The SMILES string of the molecule is COCC(CCO)(OC)c1cccc(O)c1. The molecule has 0 saturated heterocycles. The lowest BCUT2D eigenvalue weighted by Gasteiger charge is -2.31. The van der Waals surface area contributed by atoms with Gasteiger partial charge in [0.15, 0.2) is 0 Å². The number of aliphatic hydroxyl groups excluding tert-OH is 1. The number of phenols is 1. The first-order chi connectivity index (χ1) is 7.68. The summed E-state index contributed by atoms with van der Waals surface area (Å²) >= 11 is 0. The number of hydrogen-bond donors (Lipinski definition) is 2. The van der Waals surface area contributed by atoms with Crippen LogP contribution in [0.3, 0.4) is 0 Å². The number of rotatable bonds is 6. The van der Waals surface area contributed by atoms with Crippen LogP contribution in [0.5, 0.6) is 5.75 Å². The molecule has 1 aromatic carbocycles. The molecular formula is C12H18O4. The second-order valence-corrected chi connectivity index (χ2v) is 3.66. The van der Waals surface area contributed by atoms with Crippen molar-refractivity contribution >= 4 is 0 Å². The Morgan fingerprint density at radius 2 is 2.06 bits per heavy atom. The van der Waals surface area contributed by atoms with Crippen LogP contribution in [-0.2, 0) is 15.1 Å². The quantitative estimate of drug-likeness (QED) is 0.766. The molecule has 16 heavy (non-hydrogen) atoms. The van der Waals surface area contributed by atoms with Crippen LogP contribution in [0.4, 0.5) is 0 Å². The van der Waals surface area contributed by atoms with Gasteiger partial charge in [-0.05, 0) is 17.7 Å². The molecule has 90 valence electrons. The molecule has 0 aliphatic heterocycles. The number of methoxy groups -OCH3 is 2. The molecule has 0 saturated carbocycles. The van der Waals surface area contributed by atoms with E-state index in [-0.39, 0.29) is 12.4 Å². The average molecular weight is 226 g/mol. The maximum atomic E-state index is 9.45. The Hall–Kier alpha value is -1.10. The summed E-state index contributed by atoms with van der Waals surface area (Å²) < 4.78 is 10.6. The van der Waals surface area contributed by atoms with Crippen molar-refractivity contribution in [3.63, 3.8) is 0 Å². The van der Waals surface area contributed by atoms with Crippen molar-refractivity contribution in [3.05, 3.63) is 29.8 Å². The topological polar surface area (TPSA) is 58.9 Å². The van der Waals surface area contributed by atoms with Crippen LogP contribution in [0.15, 0.2) is 24.3 Å². The van der Waals surface area contributed by atoms with Gasteiger partial charge in [0.25, 0.3) is 0 Å². The van der Waals surface area contributed by atoms with Gasteiger partial charge in [-0.15, -0.1) is 0 Å². The van der Waals surface area contributed by atoms with Crippen molar-refractivity contribution in [2.45, 2.75) is 12.0 Å². The largest absolute Gasteiger partial charge is 0.508 e. The Kier molecular flexibility index (Phi) is 4.73. The molecule has 4 heteroatoms. The maximum absolute atomic E-state index is 9.45. The summed E-state index contributed by atoms with van der Waals surface area (Å²) in [7, 11) is 3.15. The Morgan fingerprint density at radius 3 is 2.56 bits per heavy atom. The van der Waals surface area contributed by atoms with Gasteiger partial charge in [0, 0.05) is 27.2 Å². The molecule has 0 spiro atoms. The Morgan fingerprint density at radius 1 is 1.31 bits per heavy atom. The highest BCUT2D eigenvalue weighted by molar-refractivity contribution is 5.31. The third-order valence-electron chi connectivity index (χ3n) is 2.66. The van der Waals surface area contributed by atoms with Crippen LogP contribution in [0.25, 0.3) is 0 Å². The van der Waals surface area contributed by atoms with Crippen LogP contribution < -0.4 is 0 Å². The molecule has 2 N–H and O–H groups in total. The fourth-order valence-corrected chi connectivity index (χ4v) is 1.78. The summed E-state index contributed by atoms with van der Waals surface area (Å²) in [6.45, 7) is 0.320. The van der Waals surface area contributed by atoms with E-state index in [1.54, 1.807) is 32.4 Å². The summed E-state index contributed by atoms with van der Waals surface area (Å²) in [6.07, 6.45) is 0.417. The van der Waals surface area contributed by atoms with E-state index in [9.17, 15) is 5.11 Å². The Labute approximate surface area is 95.4 Å². The van der Waals surface area contributed by atoms with Gasteiger partial charge in [0.05, 0.1) is 6.61 Å². The molecule has 0 bridgehead atoms. The van der Waals surface area contributed by atoms with Crippen LogP contribution in [0.1, 0.15) is 12.0 Å². The highest BCUT2D eigenvalue weighted by Crippen LogP contribution is 2.31. The monoisotopic (exact) mass is 226 g/mol. The molecule has 1 aromatic rings. The molecule has 1 unspecified atom stereocenters. The van der Waals surface area contributed by atoms with Gasteiger partial charge >= 0.3 is 0 Å². The molecule has 0 heterocycles. The van der Waals surface area contributed by atoms with E-state index in [0.717, 1.165) is 5.56 Å². The van der Waals surface area contributed by atoms with Gasteiger partial charge in [-0.3, -0.25) is 0 Å². The van der Waals surface area contributed by atoms with Gasteiger partial charge in [0.2, 0.25) is 0 Å². The van der Waals surface area contributed by atoms with Crippen LogP contribution in [0.2, 0.25) is 0 Å². The summed E-state index contributed by atoms with van der Waals surface area (Å²) in [5.41, 5.74) is 0.0910. The van der Waals surface area contributed by atoms with Gasteiger partial charge in [0.1, 0.15) is 11.4 Å². The normalized spacial score (nSPS) is 14.7. The molecule has 1 atom stereocenters. The van der Waals surface area contributed by atoms with Crippen molar-refractivity contribution in [1.82, 2.24) is 0 Å². The van der Waals surface area contributed by atoms with Crippen molar-refractivity contribution in [1.29, 1.82) is 0 Å². The molecule has 0 radical (unpaired) electrons. The van der Waals surface area contributed by atoms with E-state index in [1.807, 2.05) is 6.07 Å². The van der Waals surface area contributed by atoms with Gasteiger partial charge in [-0.1, -0.05) is 12.1 Å². The molecule has 0 fully saturated rings. The second kappa shape index (κ2) is 5.84. The maximum Gasteiger partial charge on any atom is 0.118 e. The van der Waals surface area contributed by atoms with E-state index in [2.05, 4.69) is 0 Å². The zero-order valence-corrected chi connectivity index (χ0v) is 9.64. The Bertz CT molecular complexity index is 319. The molecule has 0 aromatic heterocycles. The number of phenolic OH excluding ortho intramolecular Hbond substituents is 1. The standard InChI is InChI=1S/C12H18O4/c1-15-9-12(16-2,6-7-13)10-4-3-5-11(14)8-10/h3-5,8,13-14H,6-7,9H2,1-2H3. The van der Waals surface area contributed by atoms with E-state index in [0.29, 0.717) is 13.0 Å². The molecule has 0 aliphatic rings. The van der Waals surface area contributed by atoms with Crippen molar-refractivity contribution in [2.75, 3.05) is 27.4 Å². The van der Waals surface area contributed by atoms with Crippen LogP contribution in [0, 0.1) is 0 Å². The molecule has 4 nitrogen and oxygen atoms in total. The lowest BCUT2D eigenvalue weighted by atomic mass is 9.91. The lowest BCUT2D eigenvalue weighted by molar-refractivity contribution is -0.0823. The molecule has 0 amide bonds. The van der Waals surface area contributed by atoms with E-state index >= 15 is 0 Å². The number of aliphatic hydroxyl groups is 1. The summed E-state index contributed by atoms with van der Waals surface area (Å²) in [5, 5.41) is 18.5. The minimum absolute atomic E-state index is 0.00709. The van der Waals surface area contributed by atoms with Gasteiger partial charge in [-0.25, -0.2) is 0 Å². The van der Waals surface area contributed by atoms with Crippen molar-refractivity contribution in [2.24, 2.45) is 0 Å². The zero-order valence-electron chi connectivity index (χ0n) is 9.64. The summed E-state index contributed by atoms with van der Waals surface area (Å²) in [5.74, 6) is 0.174. The van der Waals surface area contributed by atoms with Gasteiger partial charge in [-0.2, -0.15) is 0 Å². The first-order valence-corrected chi connectivity index (χ1v) is 5.13. The fraction of sp³-hybridized carbons (Fsp3) is 0.500. The fourth-order valence-electron chi connectivity index (χ4n) is 1.78. The third kappa shape index (κ3) is 2.72. The number of hydrogen-bond acceptors (Lipinski definition) is 4.